The summed E-state index contributed by atoms with van der Waals surface area (Å²) in [6, 6.07) is 2.60. The Morgan fingerprint density at radius 1 is 1.39 bits per heavy atom. The summed E-state index contributed by atoms with van der Waals surface area (Å²) in [5.41, 5.74) is 7.76. The Labute approximate surface area is 106 Å². The zero-order chi connectivity index (χ0) is 13.9. The second-order valence-electron chi connectivity index (χ2n) is 4.27. The SMILES string of the molecule is CC[C@@H](N)C(=O)Nc1cc(C)c(C)c(C(=O)O)c1. The van der Waals surface area contributed by atoms with Gasteiger partial charge >= 0.3 is 5.97 Å². The number of nitrogens with one attached hydrogen (secondary N) is 1. The first-order chi connectivity index (χ1) is 8.36. The standard InChI is InChI=1S/C13H18N2O3/c1-4-11(14)12(16)15-9-5-7(2)8(3)10(6-9)13(17)18/h5-6,11H,4,14H2,1-3H3,(H,15,16)(H,17,18)/t11-/m1/s1. The van der Waals surface area contributed by atoms with Crippen molar-refractivity contribution in [2.75, 3.05) is 5.32 Å². The number of aryl methyl sites for hydroxylation is 1. The van der Waals surface area contributed by atoms with Crippen LogP contribution in [0.3, 0.4) is 0 Å². The second-order valence-corrected chi connectivity index (χ2v) is 4.27. The molecule has 0 radical (unpaired) electrons. The maximum Gasteiger partial charge on any atom is 0.336 e. The molecule has 1 atom stereocenters. The number of carboxylic acid groups (broad SMARTS) is 1. The first-order valence-corrected chi connectivity index (χ1v) is 5.77. The fraction of sp³-hybridized carbons (Fsp3) is 0.385. The highest BCUT2D eigenvalue weighted by atomic mass is 16.4. The summed E-state index contributed by atoms with van der Waals surface area (Å²) in [5, 5.41) is 11.7. The summed E-state index contributed by atoms with van der Waals surface area (Å²) in [4.78, 5) is 22.7. The monoisotopic (exact) mass is 250 g/mol. The molecular weight excluding hydrogens is 232 g/mol. The molecule has 5 nitrogen and oxygen atoms in total. The fourth-order valence-electron chi connectivity index (χ4n) is 1.57. The van der Waals surface area contributed by atoms with E-state index in [1.54, 1.807) is 19.9 Å². The highest BCUT2D eigenvalue weighted by Gasteiger charge is 2.14. The second kappa shape index (κ2) is 5.64. The van der Waals surface area contributed by atoms with Crippen LogP contribution in [0.15, 0.2) is 12.1 Å². The zero-order valence-electron chi connectivity index (χ0n) is 10.8. The molecular formula is C13H18N2O3. The van der Waals surface area contributed by atoms with Gasteiger partial charge < -0.3 is 16.2 Å². The van der Waals surface area contributed by atoms with E-state index in [1.165, 1.54) is 6.07 Å². The molecule has 1 rings (SSSR count). The normalized spacial score (nSPS) is 12.0. The summed E-state index contributed by atoms with van der Waals surface area (Å²) in [6.07, 6.45) is 0.530. The average molecular weight is 250 g/mol. The van der Waals surface area contributed by atoms with Gasteiger partial charge in [0, 0.05) is 5.69 Å². The lowest BCUT2D eigenvalue weighted by atomic mass is 10.0. The van der Waals surface area contributed by atoms with Gasteiger partial charge in [-0.1, -0.05) is 6.92 Å². The molecule has 0 unspecified atom stereocenters. The highest BCUT2D eigenvalue weighted by molar-refractivity contribution is 5.97. The maximum atomic E-state index is 11.6. The van der Waals surface area contributed by atoms with E-state index in [0.717, 1.165) is 5.56 Å². The fourth-order valence-corrected chi connectivity index (χ4v) is 1.57. The van der Waals surface area contributed by atoms with Crippen LogP contribution in [0.4, 0.5) is 5.69 Å². The largest absolute Gasteiger partial charge is 0.478 e. The van der Waals surface area contributed by atoms with Crippen molar-refractivity contribution in [3.8, 4) is 0 Å². The minimum absolute atomic E-state index is 0.190. The van der Waals surface area contributed by atoms with Crippen LogP contribution in [0.2, 0.25) is 0 Å². The third-order valence-electron chi connectivity index (χ3n) is 2.94. The molecule has 98 valence electrons. The summed E-state index contributed by atoms with van der Waals surface area (Å²) >= 11 is 0. The van der Waals surface area contributed by atoms with Gasteiger partial charge in [0.15, 0.2) is 0 Å². The molecule has 0 aliphatic rings. The number of amides is 1. The molecule has 0 saturated heterocycles. The lowest BCUT2D eigenvalue weighted by molar-refractivity contribution is -0.117. The zero-order valence-corrected chi connectivity index (χ0v) is 10.8. The molecule has 0 aliphatic heterocycles. The van der Waals surface area contributed by atoms with Crippen molar-refractivity contribution in [1.29, 1.82) is 0 Å². The molecule has 4 N–H and O–H groups in total. The number of hydrogen-bond donors (Lipinski definition) is 3. The molecule has 1 aromatic carbocycles. The van der Waals surface area contributed by atoms with Gasteiger partial charge in [-0.3, -0.25) is 4.79 Å². The Kier molecular flexibility index (Phi) is 4.44. The van der Waals surface area contributed by atoms with Crippen molar-refractivity contribution in [2.24, 2.45) is 5.73 Å². The van der Waals surface area contributed by atoms with Crippen LogP contribution in [0.1, 0.15) is 34.8 Å². The lowest BCUT2D eigenvalue weighted by Gasteiger charge is -2.13. The van der Waals surface area contributed by atoms with Crippen molar-refractivity contribution < 1.29 is 14.7 Å². The third kappa shape index (κ3) is 3.07. The first-order valence-electron chi connectivity index (χ1n) is 5.77. The Morgan fingerprint density at radius 2 is 2.00 bits per heavy atom. The Bertz CT molecular complexity index is 483. The van der Waals surface area contributed by atoms with Crippen molar-refractivity contribution in [3.05, 3.63) is 28.8 Å². The minimum atomic E-state index is -1.01. The van der Waals surface area contributed by atoms with Gasteiger partial charge in [-0.15, -0.1) is 0 Å². The molecule has 0 aliphatic carbocycles. The van der Waals surface area contributed by atoms with Crippen molar-refractivity contribution in [2.45, 2.75) is 33.2 Å². The number of carbonyl (C=O) groups excluding carboxylic acids is 1. The van der Waals surface area contributed by atoms with Gasteiger partial charge in [-0.05, 0) is 43.5 Å². The molecule has 0 aromatic heterocycles. The first kappa shape index (κ1) is 14.2. The number of benzene rings is 1. The molecule has 5 heteroatoms. The van der Waals surface area contributed by atoms with E-state index in [0.29, 0.717) is 17.7 Å². The quantitative estimate of drug-likeness (QED) is 0.758. The average Bonchev–Trinajstić information content (AvgIpc) is 2.31. The molecule has 0 spiro atoms. The van der Waals surface area contributed by atoms with Crippen LogP contribution in [-0.4, -0.2) is 23.0 Å². The van der Waals surface area contributed by atoms with Crippen molar-refractivity contribution >= 4 is 17.6 Å². The smallest absolute Gasteiger partial charge is 0.336 e. The summed E-state index contributed by atoms with van der Waals surface area (Å²) < 4.78 is 0. The van der Waals surface area contributed by atoms with Crippen LogP contribution in [-0.2, 0) is 4.79 Å². The topological polar surface area (TPSA) is 92.4 Å². The molecule has 18 heavy (non-hydrogen) atoms. The van der Waals surface area contributed by atoms with Gasteiger partial charge in [0.05, 0.1) is 11.6 Å². The van der Waals surface area contributed by atoms with Crippen LogP contribution in [0.25, 0.3) is 0 Å². The number of rotatable bonds is 4. The minimum Gasteiger partial charge on any atom is -0.478 e. The van der Waals surface area contributed by atoms with Gasteiger partial charge in [-0.25, -0.2) is 4.79 Å². The van der Waals surface area contributed by atoms with Crippen LogP contribution in [0.5, 0.6) is 0 Å². The van der Waals surface area contributed by atoms with Crippen molar-refractivity contribution in [1.82, 2.24) is 0 Å². The third-order valence-corrected chi connectivity index (χ3v) is 2.94. The molecule has 1 amide bonds. The maximum absolute atomic E-state index is 11.6. The number of carboxylic acids is 1. The van der Waals surface area contributed by atoms with Gasteiger partial charge in [-0.2, -0.15) is 0 Å². The Morgan fingerprint density at radius 3 is 2.50 bits per heavy atom. The molecule has 0 bridgehead atoms. The number of aromatic carboxylic acids is 1. The summed E-state index contributed by atoms with van der Waals surface area (Å²) in [7, 11) is 0. The van der Waals surface area contributed by atoms with Crippen molar-refractivity contribution in [3.63, 3.8) is 0 Å². The Hall–Kier alpha value is -1.88. The summed E-state index contributed by atoms with van der Waals surface area (Å²) in [5.74, 6) is -1.32. The number of carbonyl (C=O) groups is 2. The molecule has 0 fully saturated rings. The summed E-state index contributed by atoms with van der Waals surface area (Å²) in [6.45, 7) is 5.35. The number of hydrogen-bond acceptors (Lipinski definition) is 3. The number of anilines is 1. The molecule has 0 saturated carbocycles. The predicted octanol–water partition coefficient (Wildman–Crippen LogP) is 1.68. The van der Waals surface area contributed by atoms with E-state index in [9.17, 15) is 9.59 Å². The van der Waals surface area contributed by atoms with E-state index < -0.39 is 12.0 Å². The van der Waals surface area contributed by atoms with Crippen LogP contribution >= 0.6 is 0 Å². The van der Waals surface area contributed by atoms with Gasteiger partial charge in [0.1, 0.15) is 0 Å². The van der Waals surface area contributed by atoms with Crippen LogP contribution in [0, 0.1) is 13.8 Å². The van der Waals surface area contributed by atoms with E-state index >= 15 is 0 Å². The van der Waals surface area contributed by atoms with E-state index in [4.69, 9.17) is 10.8 Å². The molecule has 1 aromatic rings. The highest BCUT2D eigenvalue weighted by Crippen LogP contribution is 2.20. The lowest BCUT2D eigenvalue weighted by Crippen LogP contribution is -2.34. The number of nitrogens with two attached hydrogens (primary N) is 1. The van der Waals surface area contributed by atoms with Gasteiger partial charge in [0.25, 0.3) is 0 Å². The van der Waals surface area contributed by atoms with Gasteiger partial charge in [0.2, 0.25) is 5.91 Å². The van der Waals surface area contributed by atoms with E-state index in [2.05, 4.69) is 5.32 Å². The predicted molar refractivity (Wildman–Crippen MR) is 69.8 cm³/mol. The van der Waals surface area contributed by atoms with E-state index in [1.807, 2.05) is 6.92 Å². The Balaban J connectivity index is 3.05. The molecule has 0 heterocycles. The van der Waals surface area contributed by atoms with E-state index in [-0.39, 0.29) is 11.5 Å². The van der Waals surface area contributed by atoms with Crippen LogP contribution < -0.4 is 11.1 Å².